The molecule has 2 aromatic rings. The fourth-order valence-electron chi connectivity index (χ4n) is 1.63. The van der Waals surface area contributed by atoms with E-state index < -0.39 is 6.43 Å². The second kappa shape index (κ2) is 5.57. The number of halogens is 4. The van der Waals surface area contributed by atoms with Crippen molar-refractivity contribution in [3.05, 3.63) is 47.0 Å². The number of alkyl halides is 3. The Morgan fingerprint density at radius 2 is 2.05 bits per heavy atom. The van der Waals surface area contributed by atoms with Gasteiger partial charge in [0.25, 0.3) is 6.43 Å². The normalized spacial score (nSPS) is 11.1. The molecule has 19 heavy (non-hydrogen) atoms. The Hall–Kier alpha value is -1.62. The molecular weight excluding hydrogens is 277 g/mol. The van der Waals surface area contributed by atoms with E-state index in [2.05, 4.69) is 9.97 Å². The van der Waals surface area contributed by atoms with Gasteiger partial charge in [0.1, 0.15) is 11.5 Å². The van der Waals surface area contributed by atoms with E-state index in [0.29, 0.717) is 11.1 Å². The predicted octanol–water partition coefficient (Wildman–Crippen LogP) is 4.27. The molecule has 6 heteroatoms. The van der Waals surface area contributed by atoms with Gasteiger partial charge >= 0.3 is 0 Å². The molecule has 100 valence electrons. The molecule has 0 amide bonds. The maximum Gasteiger partial charge on any atom is 0.280 e. The zero-order valence-corrected chi connectivity index (χ0v) is 10.8. The van der Waals surface area contributed by atoms with Gasteiger partial charge in [0.15, 0.2) is 5.82 Å². The lowest BCUT2D eigenvalue weighted by atomic mass is 10.1. The molecule has 1 aromatic carbocycles. The third kappa shape index (κ3) is 2.87. The Morgan fingerprint density at radius 1 is 1.32 bits per heavy atom. The number of rotatable bonds is 3. The second-order valence-corrected chi connectivity index (χ2v) is 4.27. The van der Waals surface area contributed by atoms with Gasteiger partial charge in [0.05, 0.1) is 5.88 Å². The van der Waals surface area contributed by atoms with Crippen LogP contribution < -0.4 is 0 Å². The lowest BCUT2D eigenvalue weighted by molar-refractivity contribution is 0.145. The number of hydrogen-bond donors (Lipinski definition) is 0. The van der Waals surface area contributed by atoms with Crippen LogP contribution in [0, 0.1) is 12.7 Å². The number of nitrogens with zero attached hydrogens (tertiary/aromatic N) is 2. The zero-order valence-electron chi connectivity index (χ0n) is 10.0. The summed E-state index contributed by atoms with van der Waals surface area (Å²) in [5.74, 6) is -0.315. The molecule has 0 spiro atoms. The Kier molecular flexibility index (Phi) is 4.04. The van der Waals surface area contributed by atoms with Crippen molar-refractivity contribution in [2.24, 2.45) is 0 Å². The van der Waals surface area contributed by atoms with Crippen LogP contribution in [0.1, 0.15) is 23.2 Å². The number of aromatic nitrogens is 2. The first-order valence-corrected chi connectivity index (χ1v) is 6.03. The molecule has 2 nitrogen and oxygen atoms in total. The molecule has 0 saturated carbocycles. The molecule has 0 aliphatic rings. The van der Waals surface area contributed by atoms with Crippen LogP contribution in [-0.2, 0) is 5.88 Å². The van der Waals surface area contributed by atoms with Crippen molar-refractivity contribution < 1.29 is 13.2 Å². The Bertz CT molecular complexity index is 602. The topological polar surface area (TPSA) is 25.8 Å². The van der Waals surface area contributed by atoms with Crippen LogP contribution in [0.2, 0.25) is 0 Å². The van der Waals surface area contributed by atoms with Crippen molar-refractivity contribution in [3.8, 4) is 11.4 Å². The Labute approximate surface area is 113 Å². The quantitative estimate of drug-likeness (QED) is 0.788. The standard InChI is InChI=1S/C13H10ClF3N2/c1-7-4-8(2-3-10(7)15)13-18-6-9(5-14)11(19-13)12(16)17/h2-4,6,12H,5H2,1H3. The fourth-order valence-corrected chi connectivity index (χ4v) is 1.84. The van der Waals surface area contributed by atoms with Crippen molar-refractivity contribution in [1.82, 2.24) is 9.97 Å². The Balaban J connectivity index is 2.50. The third-order valence-electron chi connectivity index (χ3n) is 2.66. The maximum absolute atomic E-state index is 13.2. The monoisotopic (exact) mass is 286 g/mol. The number of benzene rings is 1. The van der Waals surface area contributed by atoms with Crippen LogP contribution >= 0.6 is 11.6 Å². The highest BCUT2D eigenvalue weighted by Crippen LogP contribution is 2.25. The summed E-state index contributed by atoms with van der Waals surface area (Å²) in [6.07, 6.45) is -1.45. The molecule has 1 heterocycles. The first kappa shape index (κ1) is 13.8. The van der Waals surface area contributed by atoms with E-state index in [4.69, 9.17) is 11.6 Å². The molecule has 0 unspecified atom stereocenters. The fraction of sp³-hybridized carbons (Fsp3) is 0.231. The molecule has 0 N–H and O–H groups in total. The highest BCUT2D eigenvalue weighted by Gasteiger charge is 2.16. The van der Waals surface area contributed by atoms with Gasteiger partial charge < -0.3 is 0 Å². The highest BCUT2D eigenvalue weighted by atomic mass is 35.5. The van der Waals surface area contributed by atoms with Gasteiger partial charge in [-0.3, -0.25) is 0 Å². The molecule has 0 saturated heterocycles. The van der Waals surface area contributed by atoms with Gasteiger partial charge in [0, 0.05) is 17.3 Å². The average molecular weight is 287 g/mol. The minimum absolute atomic E-state index is 0.0810. The summed E-state index contributed by atoms with van der Waals surface area (Å²) in [7, 11) is 0. The van der Waals surface area contributed by atoms with E-state index in [1.54, 1.807) is 6.92 Å². The molecule has 0 radical (unpaired) electrons. The van der Waals surface area contributed by atoms with E-state index >= 15 is 0 Å². The van der Waals surface area contributed by atoms with Gasteiger partial charge in [-0.25, -0.2) is 23.1 Å². The maximum atomic E-state index is 13.2. The second-order valence-electron chi connectivity index (χ2n) is 4.00. The van der Waals surface area contributed by atoms with E-state index in [9.17, 15) is 13.2 Å². The molecule has 0 aliphatic carbocycles. The zero-order chi connectivity index (χ0) is 14.0. The van der Waals surface area contributed by atoms with Crippen molar-refractivity contribution in [3.63, 3.8) is 0 Å². The largest absolute Gasteiger partial charge is 0.280 e. The van der Waals surface area contributed by atoms with Crippen LogP contribution in [0.25, 0.3) is 11.4 Å². The average Bonchev–Trinajstić information content (AvgIpc) is 2.41. The van der Waals surface area contributed by atoms with Crippen LogP contribution in [0.4, 0.5) is 13.2 Å². The van der Waals surface area contributed by atoms with Gasteiger partial charge in [0.2, 0.25) is 0 Å². The highest BCUT2D eigenvalue weighted by molar-refractivity contribution is 6.17. The molecule has 0 bridgehead atoms. The van der Waals surface area contributed by atoms with Crippen LogP contribution in [-0.4, -0.2) is 9.97 Å². The smallest absolute Gasteiger partial charge is 0.236 e. The summed E-state index contributed by atoms with van der Waals surface area (Å²) in [5, 5.41) is 0. The summed E-state index contributed by atoms with van der Waals surface area (Å²) in [6, 6.07) is 4.22. The van der Waals surface area contributed by atoms with Crippen molar-refractivity contribution in [1.29, 1.82) is 0 Å². The summed E-state index contributed by atoms with van der Waals surface area (Å²) in [6.45, 7) is 1.58. The predicted molar refractivity (Wildman–Crippen MR) is 66.7 cm³/mol. The summed E-state index contributed by atoms with van der Waals surface area (Å²) >= 11 is 5.56. The first-order chi connectivity index (χ1) is 9.02. The minimum atomic E-state index is -2.72. The summed E-state index contributed by atoms with van der Waals surface area (Å²) in [4.78, 5) is 7.80. The SMILES string of the molecule is Cc1cc(-c2ncc(CCl)c(C(F)F)n2)ccc1F. The molecule has 0 atom stereocenters. The lowest BCUT2D eigenvalue weighted by Crippen LogP contribution is -2.01. The molecule has 2 rings (SSSR count). The van der Waals surface area contributed by atoms with Crippen molar-refractivity contribution in [2.45, 2.75) is 19.2 Å². The van der Waals surface area contributed by atoms with Crippen LogP contribution in [0.3, 0.4) is 0 Å². The van der Waals surface area contributed by atoms with Gasteiger partial charge in [-0.15, -0.1) is 11.6 Å². The molecule has 0 aliphatic heterocycles. The molecule has 1 aromatic heterocycles. The van der Waals surface area contributed by atoms with Gasteiger partial charge in [-0.1, -0.05) is 0 Å². The number of aryl methyl sites for hydroxylation is 1. The number of hydrogen-bond acceptors (Lipinski definition) is 2. The molecule has 0 fully saturated rings. The van der Waals surface area contributed by atoms with E-state index in [-0.39, 0.29) is 28.8 Å². The van der Waals surface area contributed by atoms with Crippen LogP contribution in [0.15, 0.2) is 24.4 Å². The Morgan fingerprint density at radius 3 is 2.63 bits per heavy atom. The molecular formula is C13H10ClF3N2. The van der Waals surface area contributed by atoms with E-state index in [1.807, 2.05) is 0 Å². The van der Waals surface area contributed by atoms with Crippen LogP contribution in [0.5, 0.6) is 0 Å². The third-order valence-corrected chi connectivity index (χ3v) is 2.95. The van der Waals surface area contributed by atoms with E-state index in [0.717, 1.165) is 0 Å². The summed E-state index contributed by atoms with van der Waals surface area (Å²) < 4.78 is 38.9. The first-order valence-electron chi connectivity index (χ1n) is 5.49. The van der Waals surface area contributed by atoms with Gasteiger partial charge in [-0.2, -0.15) is 0 Å². The van der Waals surface area contributed by atoms with Crippen molar-refractivity contribution >= 4 is 11.6 Å². The van der Waals surface area contributed by atoms with E-state index in [1.165, 1.54) is 24.4 Å². The summed E-state index contributed by atoms with van der Waals surface area (Å²) in [5.41, 5.74) is 0.698. The van der Waals surface area contributed by atoms with Crippen molar-refractivity contribution in [2.75, 3.05) is 0 Å². The van der Waals surface area contributed by atoms with Gasteiger partial charge in [-0.05, 0) is 30.7 Å². The lowest BCUT2D eigenvalue weighted by Gasteiger charge is -2.08. The minimum Gasteiger partial charge on any atom is -0.236 e.